The van der Waals surface area contributed by atoms with Gasteiger partial charge < -0.3 is 21.1 Å². The number of hydrogen-bond donors (Lipinski definition) is 3. The minimum Gasteiger partial charge on any atom is -0.476 e. The first-order valence-electron chi connectivity index (χ1n) is 11.2. The molecule has 2 heterocycles. The maximum atomic E-state index is 14.7. The van der Waals surface area contributed by atoms with Crippen molar-refractivity contribution in [3.05, 3.63) is 70.9 Å². The topological polar surface area (TPSA) is 130 Å². The highest BCUT2D eigenvalue weighted by atomic mass is 35.5. The highest BCUT2D eigenvalue weighted by Gasteiger charge is 2.18. The number of imidazole rings is 1. The molecular formula is C25H23ClFN7O2. The fraction of sp³-hybridized carbons (Fsp3) is 0.200. The van der Waals surface area contributed by atoms with Gasteiger partial charge in [0.1, 0.15) is 6.07 Å². The molecule has 0 fully saturated rings. The van der Waals surface area contributed by atoms with Crippen LogP contribution in [-0.2, 0) is 6.42 Å². The smallest absolute Gasteiger partial charge is 0.251 e. The van der Waals surface area contributed by atoms with Gasteiger partial charge in [0.15, 0.2) is 29.6 Å². The van der Waals surface area contributed by atoms with Crippen molar-refractivity contribution in [3.8, 4) is 23.1 Å². The molecule has 4 N–H and O–H groups in total. The molecule has 0 unspecified atom stereocenters. The molecule has 0 saturated heterocycles. The number of amides is 1. The number of nitrogens with zero attached hydrogens (tertiary/aromatic N) is 4. The molecule has 11 heteroatoms. The Balaban J connectivity index is 1.66. The molecule has 9 nitrogen and oxygen atoms in total. The van der Waals surface area contributed by atoms with Crippen LogP contribution < -0.4 is 21.1 Å². The summed E-state index contributed by atoms with van der Waals surface area (Å²) in [6.07, 6.45) is 5.51. The van der Waals surface area contributed by atoms with Gasteiger partial charge in [-0.05, 0) is 42.3 Å². The Morgan fingerprint density at radius 3 is 2.89 bits per heavy atom. The van der Waals surface area contributed by atoms with Crippen LogP contribution in [0.4, 0.5) is 15.9 Å². The number of hydrogen-bond acceptors (Lipinski definition) is 7. The van der Waals surface area contributed by atoms with Crippen LogP contribution in [0.3, 0.4) is 0 Å². The van der Waals surface area contributed by atoms with Gasteiger partial charge in [0.05, 0.1) is 16.9 Å². The Morgan fingerprint density at radius 2 is 2.14 bits per heavy atom. The third kappa shape index (κ3) is 4.93. The summed E-state index contributed by atoms with van der Waals surface area (Å²) in [5.74, 6) is -0.559. The molecule has 0 radical (unpaired) electrons. The lowest BCUT2D eigenvalue weighted by Crippen LogP contribution is -2.29. The Labute approximate surface area is 211 Å². The summed E-state index contributed by atoms with van der Waals surface area (Å²) in [6, 6.07) is 10.3. The van der Waals surface area contributed by atoms with Crippen LogP contribution in [0.15, 0.2) is 48.9 Å². The Kier molecular flexibility index (Phi) is 7.63. The fourth-order valence-electron chi connectivity index (χ4n) is 3.76. The van der Waals surface area contributed by atoms with Gasteiger partial charge in [0, 0.05) is 42.3 Å². The maximum absolute atomic E-state index is 14.7. The van der Waals surface area contributed by atoms with E-state index in [1.165, 1.54) is 6.07 Å². The number of nitriles is 1. The molecule has 0 saturated carbocycles. The zero-order valence-electron chi connectivity index (χ0n) is 19.4. The number of carbonyl (C=O) groups excluding carboxylic acids is 1. The van der Waals surface area contributed by atoms with Crippen molar-refractivity contribution in [2.45, 2.75) is 13.3 Å². The van der Waals surface area contributed by atoms with E-state index >= 15 is 0 Å². The molecule has 0 atom stereocenters. The molecule has 1 amide bonds. The molecular weight excluding hydrogens is 485 g/mol. The number of anilines is 2. The first-order chi connectivity index (χ1) is 17.5. The van der Waals surface area contributed by atoms with E-state index in [-0.39, 0.29) is 23.3 Å². The maximum Gasteiger partial charge on any atom is 0.251 e. The molecule has 0 aliphatic carbocycles. The summed E-state index contributed by atoms with van der Waals surface area (Å²) >= 11 is 6.29. The summed E-state index contributed by atoms with van der Waals surface area (Å²) in [6.45, 7) is 2.45. The third-order valence-electron chi connectivity index (χ3n) is 5.47. The molecule has 184 valence electrons. The van der Waals surface area contributed by atoms with Crippen molar-refractivity contribution in [1.29, 1.82) is 5.26 Å². The Bertz CT molecular complexity index is 1470. The molecule has 0 spiro atoms. The predicted molar refractivity (Wildman–Crippen MR) is 135 cm³/mol. The number of aryl methyl sites for hydroxylation is 1. The van der Waals surface area contributed by atoms with E-state index in [1.807, 2.05) is 13.0 Å². The van der Waals surface area contributed by atoms with Crippen molar-refractivity contribution < 1.29 is 13.9 Å². The number of rotatable bonds is 9. The zero-order chi connectivity index (χ0) is 25.7. The summed E-state index contributed by atoms with van der Waals surface area (Å²) in [5.41, 5.74) is 9.12. The minimum atomic E-state index is -0.755. The van der Waals surface area contributed by atoms with Gasteiger partial charge in [-0.3, -0.25) is 9.20 Å². The summed E-state index contributed by atoms with van der Waals surface area (Å²) < 4.78 is 21.5. The van der Waals surface area contributed by atoms with Crippen LogP contribution in [0, 0.1) is 17.1 Å². The molecule has 0 bridgehead atoms. The number of nitrogens with two attached hydrogens (primary N) is 1. The standard InChI is InChI=1S/C25H23ClFN7O2/c1-2-15-13-16(3-4-17(15)25(35)31-9-7-28)33-23-24-32-14-19(34(24)11-10-30-23)18-5-6-20(36-12-8-29)22(27)21(18)26/h3-6,10-11,13-14H,2,7,9,12,28H2,1H3,(H,30,33)(H,31,35). The number of benzene rings is 2. The third-order valence-corrected chi connectivity index (χ3v) is 5.84. The molecule has 36 heavy (non-hydrogen) atoms. The van der Waals surface area contributed by atoms with Crippen LogP contribution >= 0.6 is 11.6 Å². The van der Waals surface area contributed by atoms with Gasteiger partial charge in [-0.2, -0.15) is 5.26 Å². The van der Waals surface area contributed by atoms with E-state index in [4.69, 9.17) is 27.3 Å². The van der Waals surface area contributed by atoms with Crippen molar-refractivity contribution in [1.82, 2.24) is 19.7 Å². The average Bonchev–Trinajstić information content (AvgIpc) is 3.33. The van der Waals surface area contributed by atoms with Crippen LogP contribution in [0.25, 0.3) is 16.9 Å². The van der Waals surface area contributed by atoms with Crippen LogP contribution in [0.5, 0.6) is 5.75 Å². The first kappa shape index (κ1) is 24.9. The number of fused-ring (bicyclic) bond motifs is 1. The predicted octanol–water partition coefficient (Wildman–Crippen LogP) is 4.09. The number of ether oxygens (including phenoxy) is 1. The van der Waals surface area contributed by atoms with Gasteiger partial charge in [-0.15, -0.1) is 0 Å². The van der Waals surface area contributed by atoms with E-state index in [9.17, 15) is 9.18 Å². The minimum absolute atomic E-state index is 0.102. The summed E-state index contributed by atoms with van der Waals surface area (Å²) in [7, 11) is 0. The molecule has 2 aromatic heterocycles. The van der Waals surface area contributed by atoms with Crippen LogP contribution in [-0.4, -0.2) is 40.0 Å². The second kappa shape index (κ2) is 11.0. The largest absolute Gasteiger partial charge is 0.476 e. The number of aromatic nitrogens is 3. The summed E-state index contributed by atoms with van der Waals surface area (Å²) in [4.78, 5) is 21.3. The van der Waals surface area contributed by atoms with Crippen molar-refractivity contribution in [2.75, 3.05) is 25.0 Å². The van der Waals surface area contributed by atoms with Gasteiger partial charge in [-0.1, -0.05) is 18.5 Å². The highest BCUT2D eigenvalue weighted by molar-refractivity contribution is 6.33. The zero-order valence-corrected chi connectivity index (χ0v) is 20.1. The van der Waals surface area contributed by atoms with Crippen LogP contribution in [0.2, 0.25) is 5.02 Å². The van der Waals surface area contributed by atoms with Crippen molar-refractivity contribution in [2.24, 2.45) is 5.73 Å². The lowest BCUT2D eigenvalue weighted by atomic mass is 10.0. The van der Waals surface area contributed by atoms with Crippen molar-refractivity contribution in [3.63, 3.8) is 0 Å². The molecule has 0 aliphatic heterocycles. The highest BCUT2D eigenvalue weighted by Crippen LogP contribution is 2.36. The van der Waals surface area contributed by atoms with E-state index in [0.717, 1.165) is 11.3 Å². The van der Waals surface area contributed by atoms with Gasteiger partial charge in [-0.25, -0.2) is 14.4 Å². The molecule has 4 aromatic rings. The number of carbonyl (C=O) groups is 1. The van der Waals surface area contributed by atoms with Gasteiger partial charge in [0.2, 0.25) is 0 Å². The molecule has 2 aromatic carbocycles. The lowest BCUT2D eigenvalue weighted by molar-refractivity contribution is 0.0954. The molecule has 4 rings (SSSR count). The van der Waals surface area contributed by atoms with E-state index in [0.29, 0.717) is 47.8 Å². The molecule has 0 aliphatic rings. The lowest BCUT2D eigenvalue weighted by Gasteiger charge is -2.13. The number of nitrogens with one attached hydrogen (secondary N) is 2. The Morgan fingerprint density at radius 1 is 1.31 bits per heavy atom. The second-order valence-corrected chi connectivity index (χ2v) is 8.07. The number of halogens is 2. The fourth-order valence-corrected chi connectivity index (χ4v) is 4.01. The Hall–Kier alpha value is -4.20. The first-order valence-corrected chi connectivity index (χ1v) is 11.5. The van der Waals surface area contributed by atoms with Crippen LogP contribution in [0.1, 0.15) is 22.8 Å². The normalized spacial score (nSPS) is 10.8. The quantitative estimate of drug-likeness (QED) is 0.311. The monoisotopic (exact) mass is 507 g/mol. The summed E-state index contributed by atoms with van der Waals surface area (Å²) in [5, 5.41) is 14.6. The van der Waals surface area contributed by atoms with Crippen molar-refractivity contribution >= 4 is 34.7 Å². The SMILES string of the molecule is CCc1cc(Nc2nccn3c(-c4ccc(OCC#N)c(F)c4Cl)cnc23)ccc1C(=O)NCCN. The average molecular weight is 508 g/mol. The van der Waals surface area contributed by atoms with E-state index < -0.39 is 5.82 Å². The van der Waals surface area contributed by atoms with E-state index in [1.54, 1.807) is 47.3 Å². The van der Waals surface area contributed by atoms with Gasteiger partial charge >= 0.3 is 0 Å². The van der Waals surface area contributed by atoms with Gasteiger partial charge in [0.25, 0.3) is 5.91 Å². The van der Waals surface area contributed by atoms with E-state index in [2.05, 4.69) is 20.6 Å². The second-order valence-electron chi connectivity index (χ2n) is 7.69.